The highest BCUT2D eigenvalue weighted by atomic mass is 32.2. The Morgan fingerprint density at radius 3 is 2.41 bits per heavy atom. The first-order chi connectivity index (χ1) is 10.5. The largest absolute Gasteiger partial charge is 0.497 e. The highest BCUT2D eigenvalue weighted by molar-refractivity contribution is 7.89. The average Bonchev–Trinajstić information content (AvgIpc) is 2.95. The summed E-state index contributed by atoms with van der Waals surface area (Å²) in [5.41, 5.74) is -0.724. The number of piperidine rings is 1. The number of ether oxygens (including phenoxy) is 2. The highest BCUT2D eigenvalue weighted by Crippen LogP contribution is 2.38. The normalized spacial score (nSPS) is 23.0. The lowest BCUT2D eigenvalue weighted by atomic mass is 10.0. The monoisotopic (exact) mass is 344 g/mol. The molecule has 2 aliphatic rings. The molecule has 1 spiro atoms. The number of rotatable bonds is 3. The van der Waals surface area contributed by atoms with E-state index in [0.29, 0.717) is 44.8 Å². The zero-order valence-electron chi connectivity index (χ0n) is 12.4. The Morgan fingerprint density at radius 2 is 1.82 bits per heavy atom. The zero-order chi connectivity index (χ0) is 15.8. The number of hydrogen-bond acceptors (Lipinski definition) is 6. The Kier molecular flexibility index (Phi) is 4.39. The van der Waals surface area contributed by atoms with Crippen molar-refractivity contribution in [3.63, 3.8) is 0 Å². The molecule has 2 fully saturated rings. The zero-order valence-corrected chi connectivity index (χ0v) is 14.1. The maximum Gasteiger partial charge on any atom is 0.245 e. The standard InChI is InChI=1S/C14H20N2O4S2/c1-19-12-2-4-13(5-3-12)22(17,18)16-10-11-20-14(16)6-8-15(21)9-7-14/h2-5,21H,6-11H2,1H3. The highest BCUT2D eigenvalue weighted by Gasteiger charge is 2.50. The SMILES string of the molecule is COc1ccc(S(=O)(=O)N2CCOC23CCN(S)CC3)cc1. The molecule has 8 heteroatoms. The second kappa shape index (κ2) is 6.01. The number of hydrogen-bond donors (Lipinski definition) is 1. The fourth-order valence-corrected chi connectivity index (χ4v) is 4.97. The van der Waals surface area contributed by atoms with Crippen molar-refractivity contribution in [2.75, 3.05) is 33.4 Å². The molecule has 0 atom stereocenters. The van der Waals surface area contributed by atoms with Crippen molar-refractivity contribution in [3.05, 3.63) is 24.3 Å². The lowest BCUT2D eigenvalue weighted by Gasteiger charge is -2.41. The van der Waals surface area contributed by atoms with Crippen LogP contribution in [0.15, 0.2) is 29.2 Å². The van der Waals surface area contributed by atoms with Crippen LogP contribution in [0.2, 0.25) is 0 Å². The van der Waals surface area contributed by atoms with Crippen LogP contribution in [0.3, 0.4) is 0 Å². The fourth-order valence-electron chi connectivity index (χ4n) is 3.05. The smallest absolute Gasteiger partial charge is 0.245 e. The van der Waals surface area contributed by atoms with Gasteiger partial charge in [0.05, 0.1) is 18.6 Å². The first-order valence-electron chi connectivity index (χ1n) is 7.23. The molecule has 2 saturated heterocycles. The van der Waals surface area contributed by atoms with Crippen molar-refractivity contribution in [1.29, 1.82) is 0 Å². The van der Waals surface area contributed by atoms with Crippen molar-refractivity contribution in [2.24, 2.45) is 0 Å². The Labute approximate surface area is 136 Å². The Hall–Kier alpha value is -0.800. The van der Waals surface area contributed by atoms with E-state index in [-0.39, 0.29) is 4.90 Å². The first-order valence-corrected chi connectivity index (χ1v) is 9.07. The van der Waals surface area contributed by atoms with Gasteiger partial charge in [-0.2, -0.15) is 4.31 Å². The molecule has 2 heterocycles. The van der Waals surface area contributed by atoms with Gasteiger partial charge in [-0.1, -0.05) is 12.8 Å². The van der Waals surface area contributed by atoms with Gasteiger partial charge >= 0.3 is 0 Å². The van der Waals surface area contributed by atoms with E-state index in [2.05, 4.69) is 12.8 Å². The summed E-state index contributed by atoms with van der Waals surface area (Å²) in [7, 11) is -2.03. The van der Waals surface area contributed by atoms with Gasteiger partial charge in [0.25, 0.3) is 0 Å². The van der Waals surface area contributed by atoms with E-state index in [9.17, 15) is 8.42 Å². The van der Waals surface area contributed by atoms with Crippen molar-refractivity contribution in [2.45, 2.75) is 23.5 Å². The van der Waals surface area contributed by atoms with Gasteiger partial charge in [-0.25, -0.2) is 8.42 Å². The lowest BCUT2D eigenvalue weighted by Crippen LogP contribution is -2.53. The van der Waals surface area contributed by atoms with Gasteiger partial charge in [0.1, 0.15) is 11.5 Å². The van der Waals surface area contributed by atoms with E-state index in [1.165, 1.54) is 4.31 Å². The molecule has 0 bridgehead atoms. The molecule has 0 aromatic heterocycles. The minimum absolute atomic E-state index is 0.270. The van der Waals surface area contributed by atoms with Gasteiger partial charge in [0.15, 0.2) is 0 Å². The van der Waals surface area contributed by atoms with Gasteiger partial charge in [-0.3, -0.25) is 4.31 Å². The molecule has 0 radical (unpaired) electrons. The molecule has 3 rings (SSSR count). The summed E-state index contributed by atoms with van der Waals surface area (Å²) in [5.74, 6) is 0.634. The fraction of sp³-hybridized carbons (Fsp3) is 0.571. The van der Waals surface area contributed by atoms with Crippen LogP contribution in [0.25, 0.3) is 0 Å². The third-order valence-corrected chi connectivity index (χ3v) is 6.65. The van der Waals surface area contributed by atoms with E-state index < -0.39 is 15.7 Å². The van der Waals surface area contributed by atoms with Crippen LogP contribution in [0.1, 0.15) is 12.8 Å². The summed E-state index contributed by atoms with van der Waals surface area (Å²) in [6.07, 6.45) is 1.26. The van der Waals surface area contributed by atoms with Gasteiger partial charge < -0.3 is 9.47 Å². The third-order valence-electron chi connectivity index (χ3n) is 4.29. The second-order valence-corrected chi connectivity index (χ2v) is 7.93. The number of nitrogens with zero attached hydrogens (tertiary/aromatic N) is 2. The molecule has 6 nitrogen and oxygen atoms in total. The molecular formula is C14H20N2O4S2. The van der Waals surface area contributed by atoms with E-state index >= 15 is 0 Å². The minimum Gasteiger partial charge on any atom is -0.497 e. The van der Waals surface area contributed by atoms with E-state index in [1.54, 1.807) is 31.4 Å². The number of methoxy groups -OCH3 is 1. The second-order valence-electron chi connectivity index (χ2n) is 5.50. The third kappa shape index (κ3) is 2.74. The van der Waals surface area contributed by atoms with Crippen LogP contribution >= 0.6 is 12.8 Å². The summed E-state index contributed by atoms with van der Waals surface area (Å²) in [6.45, 7) is 2.23. The van der Waals surface area contributed by atoms with Crippen molar-refractivity contribution in [3.8, 4) is 5.75 Å². The molecule has 22 heavy (non-hydrogen) atoms. The molecule has 0 N–H and O–H groups in total. The molecule has 2 aliphatic heterocycles. The van der Waals surface area contributed by atoms with Crippen molar-refractivity contribution in [1.82, 2.24) is 8.61 Å². The lowest BCUT2D eigenvalue weighted by molar-refractivity contribution is -0.0795. The van der Waals surface area contributed by atoms with Crippen molar-refractivity contribution < 1.29 is 17.9 Å². The van der Waals surface area contributed by atoms with Gasteiger partial charge in [-0.05, 0) is 24.3 Å². The predicted molar refractivity (Wildman–Crippen MR) is 85.4 cm³/mol. The number of sulfonamides is 1. The van der Waals surface area contributed by atoms with Crippen LogP contribution in [0.5, 0.6) is 5.75 Å². The van der Waals surface area contributed by atoms with E-state index in [4.69, 9.17) is 9.47 Å². The van der Waals surface area contributed by atoms with Crippen LogP contribution in [0.4, 0.5) is 0 Å². The van der Waals surface area contributed by atoms with Gasteiger partial charge in [0, 0.05) is 32.5 Å². The van der Waals surface area contributed by atoms with E-state index in [1.807, 2.05) is 4.31 Å². The van der Waals surface area contributed by atoms with Crippen molar-refractivity contribution >= 4 is 22.8 Å². The topological polar surface area (TPSA) is 59.1 Å². The summed E-state index contributed by atoms with van der Waals surface area (Å²) in [4.78, 5) is 0.270. The first kappa shape index (κ1) is 16.1. The maximum absolute atomic E-state index is 13.0. The summed E-state index contributed by atoms with van der Waals surface area (Å²) in [6, 6.07) is 6.47. The minimum atomic E-state index is -3.58. The van der Waals surface area contributed by atoms with Gasteiger partial charge in [0.2, 0.25) is 10.0 Å². The molecule has 1 aromatic carbocycles. The molecule has 0 saturated carbocycles. The predicted octanol–water partition coefficient (Wildman–Crippen LogP) is 1.35. The molecule has 0 unspecified atom stereocenters. The van der Waals surface area contributed by atoms with Crippen LogP contribution in [-0.2, 0) is 14.8 Å². The Morgan fingerprint density at radius 1 is 1.18 bits per heavy atom. The average molecular weight is 344 g/mol. The molecule has 122 valence electrons. The number of benzene rings is 1. The van der Waals surface area contributed by atoms with Crippen LogP contribution in [0, 0.1) is 0 Å². The van der Waals surface area contributed by atoms with Crippen LogP contribution < -0.4 is 4.74 Å². The number of thiol groups is 1. The van der Waals surface area contributed by atoms with Crippen LogP contribution in [-0.4, -0.2) is 56.1 Å². The Bertz CT molecular complexity index is 625. The Balaban J connectivity index is 1.90. The quantitative estimate of drug-likeness (QED) is 0.839. The molecule has 1 aromatic rings. The summed E-state index contributed by atoms with van der Waals surface area (Å²) < 4.78 is 40.3. The molecule has 0 amide bonds. The summed E-state index contributed by atoms with van der Waals surface area (Å²) >= 11 is 4.33. The molecule has 0 aliphatic carbocycles. The summed E-state index contributed by atoms with van der Waals surface area (Å²) in [5, 5.41) is 0. The van der Waals surface area contributed by atoms with E-state index in [0.717, 1.165) is 0 Å². The molecular weight excluding hydrogens is 324 g/mol. The maximum atomic E-state index is 13.0. The van der Waals surface area contributed by atoms with Gasteiger partial charge in [-0.15, -0.1) is 0 Å².